The minimum Gasteiger partial charge on any atom is -0.481 e. The number of rotatable bonds is 6. The van der Waals surface area contributed by atoms with Gasteiger partial charge in [0.25, 0.3) is 5.91 Å². The van der Waals surface area contributed by atoms with Gasteiger partial charge < -0.3 is 10.0 Å². The number of sulfonamides is 1. The molecule has 0 spiro atoms. The molecule has 0 radical (unpaired) electrons. The van der Waals surface area contributed by atoms with Crippen molar-refractivity contribution >= 4 is 21.9 Å². The van der Waals surface area contributed by atoms with Crippen LogP contribution in [0.25, 0.3) is 0 Å². The summed E-state index contributed by atoms with van der Waals surface area (Å²) in [5.74, 6) is -1.43. The lowest BCUT2D eigenvalue weighted by molar-refractivity contribution is -0.137. The number of benzene rings is 1. The smallest absolute Gasteiger partial charge is 0.305 e. The topological polar surface area (TPSA) is 95.0 Å². The van der Waals surface area contributed by atoms with Crippen LogP contribution in [0.4, 0.5) is 0 Å². The van der Waals surface area contributed by atoms with Crippen LogP contribution in [0.15, 0.2) is 29.2 Å². The van der Waals surface area contributed by atoms with E-state index < -0.39 is 21.9 Å². The molecular weight excluding hydrogens is 296 g/mol. The maximum atomic E-state index is 12.1. The maximum Gasteiger partial charge on any atom is 0.305 e. The zero-order valence-corrected chi connectivity index (χ0v) is 12.9. The van der Waals surface area contributed by atoms with E-state index in [4.69, 9.17) is 5.11 Å². The molecule has 0 fully saturated rings. The molecule has 0 aliphatic carbocycles. The van der Waals surface area contributed by atoms with Crippen molar-refractivity contribution < 1.29 is 23.1 Å². The number of carboxylic acids is 1. The fraction of sp³-hybridized carbons (Fsp3) is 0.385. The molecule has 0 bridgehead atoms. The van der Waals surface area contributed by atoms with Gasteiger partial charge in [-0.2, -0.15) is 0 Å². The van der Waals surface area contributed by atoms with E-state index in [0.717, 1.165) is 4.31 Å². The van der Waals surface area contributed by atoms with Gasteiger partial charge in [0.05, 0.1) is 11.3 Å². The van der Waals surface area contributed by atoms with Crippen molar-refractivity contribution in [2.24, 2.45) is 0 Å². The standard InChI is InChI=1S/C13H18N2O5S/c1-14(2)21(19,20)11-6-4-5-10(9-11)13(18)15(3)8-7-12(16)17/h4-6,9H,7-8H2,1-3H3,(H,16,17). The zero-order chi connectivity index (χ0) is 16.2. The van der Waals surface area contributed by atoms with Crippen LogP contribution in [-0.2, 0) is 14.8 Å². The molecule has 0 saturated carbocycles. The van der Waals surface area contributed by atoms with Gasteiger partial charge in [-0.15, -0.1) is 0 Å². The van der Waals surface area contributed by atoms with Crippen LogP contribution < -0.4 is 0 Å². The first kappa shape index (κ1) is 17.1. The first-order chi connectivity index (χ1) is 9.66. The lowest BCUT2D eigenvalue weighted by Crippen LogP contribution is -2.29. The fourth-order valence-corrected chi connectivity index (χ4v) is 2.53. The Kier molecular flexibility index (Phi) is 5.45. The molecule has 0 heterocycles. The molecule has 21 heavy (non-hydrogen) atoms. The molecular formula is C13H18N2O5S. The van der Waals surface area contributed by atoms with Gasteiger partial charge in [0.2, 0.25) is 10.0 Å². The third-order valence-corrected chi connectivity index (χ3v) is 4.68. The summed E-state index contributed by atoms with van der Waals surface area (Å²) >= 11 is 0. The Hall–Kier alpha value is -1.93. The van der Waals surface area contributed by atoms with Gasteiger partial charge in [-0.05, 0) is 18.2 Å². The Morgan fingerprint density at radius 2 is 1.81 bits per heavy atom. The van der Waals surface area contributed by atoms with Crippen LogP contribution in [0.2, 0.25) is 0 Å². The Bertz CT molecular complexity index is 640. The van der Waals surface area contributed by atoms with E-state index in [1.54, 1.807) is 0 Å². The molecule has 1 aromatic rings. The van der Waals surface area contributed by atoms with Crippen molar-refractivity contribution in [2.45, 2.75) is 11.3 Å². The molecule has 0 aliphatic heterocycles. The van der Waals surface area contributed by atoms with Gasteiger partial charge in [0.15, 0.2) is 0 Å². The number of carbonyl (C=O) groups is 2. The van der Waals surface area contributed by atoms with Crippen LogP contribution in [0.3, 0.4) is 0 Å². The summed E-state index contributed by atoms with van der Waals surface area (Å²) in [7, 11) is 0.666. The number of nitrogens with zero attached hydrogens (tertiary/aromatic N) is 2. The highest BCUT2D eigenvalue weighted by Crippen LogP contribution is 2.16. The van der Waals surface area contributed by atoms with Crippen LogP contribution in [0.5, 0.6) is 0 Å². The quantitative estimate of drug-likeness (QED) is 0.824. The van der Waals surface area contributed by atoms with E-state index in [2.05, 4.69) is 0 Å². The summed E-state index contributed by atoms with van der Waals surface area (Å²) in [6.07, 6.45) is -0.169. The summed E-state index contributed by atoms with van der Waals surface area (Å²) in [6, 6.07) is 5.67. The van der Waals surface area contributed by atoms with E-state index in [1.807, 2.05) is 0 Å². The highest BCUT2D eigenvalue weighted by atomic mass is 32.2. The zero-order valence-electron chi connectivity index (χ0n) is 12.1. The monoisotopic (exact) mass is 314 g/mol. The molecule has 1 rings (SSSR count). The summed E-state index contributed by atoms with van der Waals surface area (Å²) in [6.45, 7) is 0.0544. The molecule has 7 nitrogen and oxygen atoms in total. The second-order valence-corrected chi connectivity index (χ2v) is 6.84. The molecule has 8 heteroatoms. The van der Waals surface area contributed by atoms with E-state index in [-0.39, 0.29) is 23.4 Å². The minimum absolute atomic E-state index is 0.0185. The van der Waals surface area contributed by atoms with E-state index >= 15 is 0 Å². The number of aliphatic carboxylic acids is 1. The average Bonchev–Trinajstić information content (AvgIpc) is 2.43. The minimum atomic E-state index is -3.62. The Labute approximate surface area is 123 Å². The van der Waals surface area contributed by atoms with Gasteiger partial charge in [-0.1, -0.05) is 6.07 Å². The normalized spacial score (nSPS) is 11.4. The lowest BCUT2D eigenvalue weighted by atomic mass is 10.2. The summed E-state index contributed by atoms with van der Waals surface area (Å²) < 4.78 is 25.1. The first-order valence-corrected chi connectivity index (χ1v) is 7.60. The van der Waals surface area contributed by atoms with Crippen LogP contribution >= 0.6 is 0 Å². The van der Waals surface area contributed by atoms with Crippen molar-refractivity contribution in [1.82, 2.24) is 9.21 Å². The molecule has 1 amide bonds. The number of amides is 1. The average molecular weight is 314 g/mol. The largest absolute Gasteiger partial charge is 0.481 e. The predicted molar refractivity (Wildman–Crippen MR) is 76.5 cm³/mol. The summed E-state index contributed by atoms with van der Waals surface area (Å²) in [4.78, 5) is 23.9. The van der Waals surface area contributed by atoms with E-state index in [0.29, 0.717) is 0 Å². The number of hydrogen-bond acceptors (Lipinski definition) is 4. The second kappa shape index (κ2) is 6.68. The number of carboxylic acid groups (broad SMARTS) is 1. The molecule has 116 valence electrons. The number of hydrogen-bond donors (Lipinski definition) is 1. The predicted octanol–water partition coefficient (Wildman–Crippen LogP) is 0.484. The molecule has 0 saturated heterocycles. The van der Waals surface area contributed by atoms with Crippen molar-refractivity contribution in [3.8, 4) is 0 Å². The highest BCUT2D eigenvalue weighted by molar-refractivity contribution is 7.89. The van der Waals surface area contributed by atoms with Gasteiger partial charge in [0.1, 0.15) is 0 Å². The second-order valence-electron chi connectivity index (χ2n) is 4.69. The van der Waals surface area contributed by atoms with Gasteiger partial charge in [-0.25, -0.2) is 12.7 Å². The van der Waals surface area contributed by atoms with Gasteiger partial charge >= 0.3 is 5.97 Å². The Morgan fingerprint density at radius 1 is 1.19 bits per heavy atom. The third-order valence-electron chi connectivity index (χ3n) is 2.87. The van der Waals surface area contributed by atoms with Gasteiger partial charge in [0, 0.05) is 33.3 Å². The van der Waals surface area contributed by atoms with Crippen molar-refractivity contribution in [1.29, 1.82) is 0 Å². The van der Waals surface area contributed by atoms with Crippen molar-refractivity contribution in [3.63, 3.8) is 0 Å². The van der Waals surface area contributed by atoms with E-state index in [9.17, 15) is 18.0 Å². The Morgan fingerprint density at radius 3 is 2.33 bits per heavy atom. The molecule has 0 aromatic heterocycles. The Balaban J connectivity index is 3.00. The lowest BCUT2D eigenvalue weighted by Gasteiger charge is -2.17. The number of carbonyl (C=O) groups excluding carboxylic acids is 1. The van der Waals surface area contributed by atoms with Crippen molar-refractivity contribution in [3.05, 3.63) is 29.8 Å². The summed E-state index contributed by atoms with van der Waals surface area (Å²) in [5.41, 5.74) is 0.200. The molecule has 1 N–H and O–H groups in total. The molecule has 1 aromatic carbocycles. The molecule has 0 atom stereocenters. The maximum absolute atomic E-state index is 12.1. The van der Waals surface area contributed by atoms with Crippen LogP contribution in [0.1, 0.15) is 16.8 Å². The van der Waals surface area contributed by atoms with Crippen LogP contribution in [-0.4, -0.2) is 62.3 Å². The molecule has 0 aliphatic rings. The highest BCUT2D eigenvalue weighted by Gasteiger charge is 2.20. The summed E-state index contributed by atoms with van der Waals surface area (Å²) in [5, 5.41) is 8.60. The molecule has 0 unspecified atom stereocenters. The third kappa shape index (κ3) is 4.27. The van der Waals surface area contributed by atoms with Gasteiger partial charge in [-0.3, -0.25) is 9.59 Å². The van der Waals surface area contributed by atoms with Crippen molar-refractivity contribution in [2.75, 3.05) is 27.7 Å². The first-order valence-electron chi connectivity index (χ1n) is 6.16. The van der Waals surface area contributed by atoms with Crippen LogP contribution in [0, 0.1) is 0 Å². The fourth-order valence-electron chi connectivity index (χ4n) is 1.59. The SMILES string of the molecule is CN(CCC(=O)O)C(=O)c1cccc(S(=O)(=O)N(C)C)c1. The van der Waals surface area contributed by atoms with E-state index in [1.165, 1.54) is 50.3 Å².